The van der Waals surface area contributed by atoms with Gasteiger partial charge in [0.25, 0.3) is 5.91 Å². The van der Waals surface area contributed by atoms with Crippen molar-refractivity contribution in [3.63, 3.8) is 0 Å². The highest BCUT2D eigenvalue weighted by molar-refractivity contribution is 6.42. The maximum atomic E-state index is 13.0. The van der Waals surface area contributed by atoms with E-state index in [1.807, 2.05) is 49.1 Å². The van der Waals surface area contributed by atoms with E-state index in [1.54, 1.807) is 6.07 Å². The normalized spacial score (nSPS) is 17.4. The van der Waals surface area contributed by atoms with Crippen LogP contribution >= 0.6 is 23.2 Å². The number of ketones is 1. The number of carbonyl (C=O) groups excluding carboxylic acids is 3. The molecule has 2 aromatic carbocycles. The smallest absolute Gasteiger partial charge is 0.251 e. The van der Waals surface area contributed by atoms with Gasteiger partial charge in [0.15, 0.2) is 5.78 Å². The zero-order valence-electron chi connectivity index (χ0n) is 18.1. The van der Waals surface area contributed by atoms with Gasteiger partial charge in [-0.15, -0.1) is 0 Å². The molecule has 2 atom stereocenters. The average molecular weight is 476 g/mol. The molecular weight excluding hydrogens is 449 g/mol. The SMILES string of the molecule is CC(C)C[C@H](NC(=O)c1ccc(Cl)c(Cl)c1)C(=O)NC1CN(Cc2ccccc2)CC1=O. The Bertz CT molecular complexity index is 982. The molecule has 32 heavy (non-hydrogen) atoms. The van der Waals surface area contributed by atoms with E-state index < -0.39 is 18.0 Å². The molecule has 1 aliphatic rings. The number of rotatable bonds is 8. The lowest BCUT2D eigenvalue weighted by Crippen LogP contribution is -2.52. The molecule has 1 saturated heterocycles. The second-order valence-electron chi connectivity index (χ2n) is 8.47. The van der Waals surface area contributed by atoms with E-state index in [-0.39, 0.29) is 29.2 Å². The molecule has 0 aromatic heterocycles. The minimum absolute atomic E-state index is 0.0339. The highest BCUT2D eigenvalue weighted by Gasteiger charge is 2.34. The monoisotopic (exact) mass is 475 g/mol. The van der Waals surface area contributed by atoms with Crippen LogP contribution in [0.2, 0.25) is 10.0 Å². The van der Waals surface area contributed by atoms with Gasteiger partial charge in [0.1, 0.15) is 12.1 Å². The summed E-state index contributed by atoms with van der Waals surface area (Å²) in [6, 6.07) is 13.1. The summed E-state index contributed by atoms with van der Waals surface area (Å²) in [6.07, 6.45) is 0.438. The Hall–Kier alpha value is -2.41. The Balaban J connectivity index is 1.63. The Morgan fingerprint density at radius 1 is 1.09 bits per heavy atom. The van der Waals surface area contributed by atoms with Crippen molar-refractivity contribution >= 4 is 40.8 Å². The number of nitrogens with zero attached hydrogens (tertiary/aromatic N) is 1. The molecule has 1 unspecified atom stereocenters. The summed E-state index contributed by atoms with van der Waals surface area (Å²) in [5.41, 5.74) is 1.42. The summed E-state index contributed by atoms with van der Waals surface area (Å²) in [5.74, 6) is -0.665. The van der Waals surface area contributed by atoms with Crippen molar-refractivity contribution in [2.45, 2.75) is 38.9 Å². The summed E-state index contributed by atoms with van der Waals surface area (Å²) in [6.45, 7) is 5.29. The van der Waals surface area contributed by atoms with Gasteiger partial charge in [0, 0.05) is 18.7 Å². The van der Waals surface area contributed by atoms with Crippen molar-refractivity contribution in [3.8, 4) is 0 Å². The number of hydrogen-bond donors (Lipinski definition) is 2. The molecule has 1 heterocycles. The number of benzene rings is 2. The van der Waals surface area contributed by atoms with Crippen molar-refractivity contribution in [2.75, 3.05) is 13.1 Å². The van der Waals surface area contributed by atoms with Gasteiger partial charge in [-0.05, 0) is 36.1 Å². The molecule has 0 bridgehead atoms. The first-order valence-electron chi connectivity index (χ1n) is 10.6. The van der Waals surface area contributed by atoms with Gasteiger partial charge in [-0.1, -0.05) is 67.4 Å². The van der Waals surface area contributed by atoms with E-state index in [9.17, 15) is 14.4 Å². The fourth-order valence-electron chi connectivity index (χ4n) is 3.70. The number of Topliss-reactive ketones (excluding diaryl/α,β-unsaturated/α-hetero) is 1. The largest absolute Gasteiger partial charge is 0.343 e. The first kappa shape index (κ1) is 24.2. The summed E-state index contributed by atoms with van der Waals surface area (Å²) >= 11 is 11.9. The van der Waals surface area contributed by atoms with Crippen LogP contribution in [0.15, 0.2) is 48.5 Å². The van der Waals surface area contributed by atoms with Crippen molar-refractivity contribution in [2.24, 2.45) is 5.92 Å². The van der Waals surface area contributed by atoms with Crippen LogP contribution in [0.4, 0.5) is 0 Å². The molecule has 2 amide bonds. The van der Waals surface area contributed by atoms with Gasteiger partial charge in [-0.3, -0.25) is 19.3 Å². The molecule has 3 rings (SSSR count). The van der Waals surface area contributed by atoms with Crippen molar-refractivity contribution in [1.82, 2.24) is 15.5 Å². The van der Waals surface area contributed by atoms with Crippen LogP contribution in [0.25, 0.3) is 0 Å². The molecule has 2 aromatic rings. The molecule has 6 nitrogen and oxygen atoms in total. The Morgan fingerprint density at radius 3 is 2.47 bits per heavy atom. The summed E-state index contributed by atoms with van der Waals surface area (Å²) in [7, 11) is 0. The van der Waals surface area contributed by atoms with Crippen molar-refractivity contribution in [3.05, 3.63) is 69.7 Å². The lowest BCUT2D eigenvalue weighted by atomic mass is 10.0. The number of likely N-dealkylation sites (tertiary alicyclic amines) is 1. The maximum Gasteiger partial charge on any atom is 0.251 e. The van der Waals surface area contributed by atoms with Crippen LogP contribution in [0.1, 0.15) is 36.2 Å². The minimum Gasteiger partial charge on any atom is -0.343 e. The average Bonchev–Trinajstić information content (AvgIpc) is 3.08. The molecule has 2 N–H and O–H groups in total. The molecule has 1 fully saturated rings. The van der Waals surface area contributed by atoms with E-state index in [0.29, 0.717) is 30.1 Å². The number of carbonyl (C=O) groups is 3. The predicted molar refractivity (Wildman–Crippen MR) is 126 cm³/mol. The van der Waals surface area contributed by atoms with Gasteiger partial charge < -0.3 is 10.6 Å². The van der Waals surface area contributed by atoms with E-state index in [1.165, 1.54) is 12.1 Å². The molecule has 170 valence electrons. The minimum atomic E-state index is -0.770. The number of hydrogen-bond acceptors (Lipinski definition) is 4. The fraction of sp³-hybridized carbons (Fsp3) is 0.375. The quantitative estimate of drug-likeness (QED) is 0.609. The van der Waals surface area contributed by atoms with Crippen LogP contribution in [0.3, 0.4) is 0 Å². The highest BCUT2D eigenvalue weighted by atomic mass is 35.5. The van der Waals surface area contributed by atoms with Gasteiger partial charge in [0.05, 0.1) is 16.6 Å². The topological polar surface area (TPSA) is 78.5 Å². The molecule has 0 radical (unpaired) electrons. The first-order valence-corrected chi connectivity index (χ1v) is 11.3. The molecule has 0 spiro atoms. The van der Waals surface area contributed by atoms with Crippen LogP contribution in [-0.4, -0.2) is 47.7 Å². The Labute approximate surface area is 198 Å². The Kier molecular flexibility index (Phi) is 8.29. The molecule has 8 heteroatoms. The van der Waals surface area contributed by atoms with E-state index in [0.717, 1.165) is 5.56 Å². The van der Waals surface area contributed by atoms with E-state index in [2.05, 4.69) is 10.6 Å². The van der Waals surface area contributed by atoms with Crippen molar-refractivity contribution < 1.29 is 14.4 Å². The van der Waals surface area contributed by atoms with E-state index >= 15 is 0 Å². The lowest BCUT2D eigenvalue weighted by molar-refractivity contribution is -0.127. The van der Waals surface area contributed by atoms with Crippen LogP contribution in [0, 0.1) is 5.92 Å². The summed E-state index contributed by atoms with van der Waals surface area (Å²) in [4.78, 5) is 40.2. The maximum absolute atomic E-state index is 13.0. The molecule has 0 saturated carbocycles. The molecular formula is C24H27Cl2N3O3. The second-order valence-corrected chi connectivity index (χ2v) is 9.28. The third-order valence-corrected chi connectivity index (χ3v) is 6.02. The molecule has 1 aliphatic heterocycles. The van der Waals surface area contributed by atoms with Gasteiger partial charge in [-0.2, -0.15) is 0 Å². The highest BCUT2D eigenvalue weighted by Crippen LogP contribution is 2.22. The van der Waals surface area contributed by atoms with Gasteiger partial charge in [-0.25, -0.2) is 0 Å². The summed E-state index contributed by atoms with van der Waals surface area (Å²) in [5, 5.41) is 6.22. The number of amides is 2. The zero-order valence-corrected chi connectivity index (χ0v) is 19.6. The predicted octanol–water partition coefficient (Wildman–Crippen LogP) is 3.71. The van der Waals surface area contributed by atoms with Gasteiger partial charge in [0.2, 0.25) is 5.91 Å². The number of nitrogens with one attached hydrogen (secondary N) is 2. The van der Waals surface area contributed by atoms with E-state index in [4.69, 9.17) is 23.2 Å². The molecule has 0 aliphatic carbocycles. The zero-order chi connectivity index (χ0) is 23.3. The van der Waals surface area contributed by atoms with Crippen molar-refractivity contribution in [1.29, 1.82) is 0 Å². The van der Waals surface area contributed by atoms with Crippen LogP contribution in [-0.2, 0) is 16.1 Å². The third-order valence-electron chi connectivity index (χ3n) is 5.29. The third kappa shape index (κ3) is 6.55. The standard InChI is InChI=1S/C24H27Cl2N3O3/c1-15(2)10-20(27-23(31)17-8-9-18(25)19(26)11-17)24(32)28-21-13-29(14-22(21)30)12-16-6-4-3-5-7-16/h3-9,11,15,20-21H,10,12-14H2,1-2H3,(H,27,31)(H,28,32)/t20-,21?/m0/s1. The fourth-order valence-corrected chi connectivity index (χ4v) is 4.00. The number of halogens is 2. The first-order chi connectivity index (χ1) is 15.2. The lowest BCUT2D eigenvalue weighted by Gasteiger charge is -2.22. The summed E-state index contributed by atoms with van der Waals surface area (Å²) < 4.78 is 0. The Morgan fingerprint density at radius 2 is 1.81 bits per heavy atom. The second kappa shape index (κ2) is 10.9. The van der Waals surface area contributed by atoms with Gasteiger partial charge >= 0.3 is 0 Å². The van der Waals surface area contributed by atoms with Crippen LogP contribution in [0.5, 0.6) is 0 Å². The van der Waals surface area contributed by atoms with Crippen LogP contribution < -0.4 is 10.6 Å².